The van der Waals surface area contributed by atoms with Crippen molar-refractivity contribution in [3.05, 3.63) is 35.9 Å². The summed E-state index contributed by atoms with van der Waals surface area (Å²) in [6.45, 7) is 5.35. The Morgan fingerprint density at radius 1 is 1.25 bits per heavy atom. The molecule has 1 aromatic rings. The van der Waals surface area contributed by atoms with Crippen LogP contribution in [0.15, 0.2) is 30.3 Å². The molecule has 1 heterocycles. The van der Waals surface area contributed by atoms with Crippen molar-refractivity contribution in [3.63, 3.8) is 0 Å². The van der Waals surface area contributed by atoms with E-state index in [9.17, 15) is 0 Å². The van der Waals surface area contributed by atoms with E-state index in [0.29, 0.717) is 0 Å². The van der Waals surface area contributed by atoms with Gasteiger partial charge in [-0.3, -0.25) is 0 Å². The zero-order chi connectivity index (χ0) is 8.60. The second-order valence-corrected chi connectivity index (χ2v) is 3.74. The zero-order valence-electron chi connectivity index (χ0n) is 7.54. The summed E-state index contributed by atoms with van der Waals surface area (Å²) in [5, 5.41) is 2.22. The van der Waals surface area contributed by atoms with Gasteiger partial charge < -0.3 is 0 Å². The van der Waals surface area contributed by atoms with Crippen LogP contribution in [-0.4, -0.2) is 10.7 Å². The SMILES string of the molecule is CC1(C)NN1Cc1ccccc1. The van der Waals surface area contributed by atoms with Crippen molar-refractivity contribution in [2.75, 3.05) is 0 Å². The van der Waals surface area contributed by atoms with Gasteiger partial charge in [-0.2, -0.15) is 0 Å². The number of hydrogen-bond acceptors (Lipinski definition) is 2. The molecular weight excluding hydrogens is 148 g/mol. The molecule has 0 saturated carbocycles. The Balaban J connectivity index is 1.98. The van der Waals surface area contributed by atoms with Crippen LogP contribution in [-0.2, 0) is 6.54 Å². The molecule has 1 unspecified atom stereocenters. The molecule has 2 heteroatoms. The average Bonchev–Trinajstić information content (AvgIpc) is 2.61. The molecule has 0 aliphatic carbocycles. The third kappa shape index (κ3) is 1.49. The molecule has 12 heavy (non-hydrogen) atoms. The van der Waals surface area contributed by atoms with Gasteiger partial charge in [-0.05, 0) is 19.4 Å². The topological polar surface area (TPSA) is 25.0 Å². The zero-order valence-corrected chi connectivity index (χ0v) is 7.54. The lowest BCUT2D eigenvalue weighted by Crippen LogP contribution is -2.08. The maximum atomic E-state index is 3.29. The molecule has 1 fully saturated rings. The highest BCUT2D eigenvalue weighted by Crippen LogP contribution is 2.24. The number of nitrogens with zero attached hydrogens (tertiary/aromatic N) is 1. The first-order valence-electron chi connectivity index (χ1n) is 4.28. The van der Waals surface area contributed by atoms with Crippen LogP contribution in [0.1, 0.15) is 19.4 Å². The van der Waals surface area contributed by atoms with Crippen molar-refractivity contribution in [2.24, 2.45) is 0 Å². The molecule has 1 atom stereocenters. The van der Waals surface area contributed by atoms with Gasteiger partial charge in [-0.15, -0.1) is 0 Å². The Bertz CT molecular complexity index is 266. The Morgan fingerprint density at radius 2 is 1.83 bits per heavy atom. The largest absolute Gasteiger partial charge is 0.232 e. The molecule has 2 rings (SSSR count). The van der Waals surface area contributed by atoms with Gasteiger partial charge in [0, 0.05) is 6.54 Å². The fourth-order valence-corrected chi connectivity index (χ4v) is 1.31. The van der Waals surface area contributed by atoms with Crippen LogP contribution in [0.3, 0.4) is 0 Å². The lowest BCUT2D eigenvalue weighted by molar-refractivity contribution is 0.430. The molecule has 0 bridgehead atoms. The van der Waals surface area contributed by atoms with Crippen molar-refractivity contribution in [1.82, 2.24) is 10.4 Å². The number of hydrogen-bond donors (Lipinski definition) is 1. The van der Waals surface area contributed by atoms with Crippen LogP contribution in [0.4, 0.5) is 0 Å². The van der Waals surface area contributed by atoms with Crippen molar-refractivity contribution >= 4 is 0 Å². The van der Waals surface area contributed by atoms with Crippen LogP contribution in [0.5, 0.6) is 0 Å². The van der Waals surface area contributed by atoms with Crippen LogP contribution < -0.4 is 5.43 Å². The van der Waals surface area contributed by atoms with Crippen molar-refractivity contribution in [1.29, 1.82) is 0 Å². The van der Waals surface area contributed by atoms with Crippen molar-refractivity contribution in [3.8, 4) is 0 Å². The number of benzene rings is 1. The Labute approximate surface area is 73.2 Å². The summed E-state index contributed by atoms with van der Waals surface area (Å²) in [6, 6.07) is 10.5. The van der Waals surface area contributed by atoms with Crippen molar-refractivity contribution in [2.45, 2.75) is 26.1 Å². The first-order valence-corrected chi connectivity index (χ1v) is 4.28. The van der Waals surface area contributed by atoms with E-state index in [4.69, 9.17) is 0 Å². The number of rotatable bonds is 2. The minimum absolute atomic E-state index is 0.204. The highest BCUT2D eigenvalue weighted by Gasteiger charge is 2.41. The van der Waals surface area contributed by atoms with E-state index < -0.39 is 0 Å². The second-order valence-electron chi connectivity index (χ2n) is 3.74. The van der Waals surface area contributed by atoms with E-state index in [1.807, 2.05) is 6.07 Å². The molecule has 0 aromatic heterocycles. The summed E-state index contributed by atoms with van der Waals surface area (Å²) in [4.78, 5) is 0. The van der Waals surface area contributed by atoms with E-state index in [-0.39, 0.29) is 5.66 Å². The lowest BCUT2D eigenvalue weighted by Gasteiger charge is -2.02. The maximum Gasteiger partial charge on any atom is 0.0922 e. The minimum Gasteiger partial charge on any atom is -0.232 e. The van der Waals surface area contributed by atoms with Gasteiger partial charge in [0.2, 0.25) is 0 Å². The maximum absolute atomic E-state index is 3.29. The predicted molar refractivity (Wildman–Crippen MR) is 49.2 cm³/mol. The van der Waals surface area contributed by atoms with Gasteiger partial charge in [0.25, 0.3) is 0 Å². The molecule has 64 valence electrons. The smallest absolute Gasteiger partial charge is 0.0922 e. The highest BCUT2D eigenvalue weighted by molar-refractivity contribution is 5.15. The van der Waals surface area contributed by atoms with Crippen LogP contribution in [0.25, 0.3) is 0 Å². The van der Waals surface area contributed by atoms with Crippen LogP contribution >= 0.6 is 0 Å². The molecule has 1 aliphatic heterocycles. The van der Waals surface area contributed by atoms with Crippen molar-refractivity contribution < 1.29 is 0 Å². The van der Waals surface area contributed by atoms with Crippen LogP contribution in [0, 0.1) is 0 Å². The molecule has 1 N–H and O–H groups in total. The summed E-state index contributed by atoms with van der Waals surface area (Å²) in [5.41, 5.74) is 4.85. The number of nitrogens with one attached hydrogen (secondary N) is 1. The van der Waals surface area contributed by atoms with Gasteiger partial charge in [0.15, 0.2) is 0 Å². The predicted octanol–water partition coefficient (Wildman–Crippen LogP) is 1.74. The third-order valence-corrected chi connectivity index (χ3v) is 2.22. The lowest BCUT2D eigenvalue weighted by atomic mass is 10.2. The van der Waals surface area contributed by atoms with E-state index in [2.05, 4.69) is 48.5 Å². The van der Waals surface area contributed by atoms with Crippen LogP contribution in [0.2, 0.25) is 0 Å². The van der Waals surface area contributed by atoms with Gasteiger partial charge in [-0.1, -0.05) is 30.3 Å². The second kappa shape index (κ2) is 2.57. The van der Waals surface area contributed by atoms with E-state index in [0.717, 1.165) is 6.54 Å². The molecule has 1 aromatic carbocycles. The molecular formula is C10H14N2. The molecule has 0 radical (unpaired) electrons. The molecule has 0 spiro atoms. The van der Waals surface area contributed by atoms with E-state index >= 15 is 0 Å². The van der Waals surface area contributed by atoms with E-state index in [1.165, 1.54) is 5.56 Å². The Morgan fingerprint density at radius 3 is 2.33 bits per heavy atom. The third-order valence-electron chi connectivity index (χ3n) is 2.22. The summed E-state index contributed by atoms with van der Waals surface area (Å²) < 4.78 is 0. The quantitative estimate of drug-likeness (QED) is 0.670. The minimum atomic E-state index is 0.204. The van der Waals surface area contributed by atoms with Gasteiger partial charge >= 0.3 is 0 Å². The normalized spacial score (nSPS) is 25.3. The highest BCUT2D eigenvalue weighted by atomic mass is 15.8. The first-order chi connectivity index (χ1) is 5.68. The molecule has 1 saturated heterocycles. The standard InChI is InChI=1S/C10H14N2/c1-10(2)11-12(10)8-9-6-4-3-5-7-9/h3-7,11H,8H2,1-2H3. The van der Waals surface area contributed by atoms with E-state index in [1.54, 1.807) is 0 Å². The summed E-state index contributed by atoms with van der Waals surface area (Å²) in [6.07, 6.45) is 0. The Hall–Kier alpha value is -0.860. The summed E-state index contributed by atoms with van der Waals surface area (Å²) >= 11 is 0. The van der Waals surface area contributed by atoms with Gasteiger partial charge in [-0.25, -0.2) is 10.4 Å². The van der Waals surface area contributed by atoms with Gasteiger partial charge in [0.05, 0.1) is 5.66 Å². The summed E-state index contributed by atoms with van der Waals surface area (Å²) in [5.74, 6) is 0. The fraction of sp³-hybridized carbons (Fsp3) is 0.400. The monoisotopic (exact) mass is 162 g/mol. The average molecular weight is 162 g/mol. The first kappa shape index (κ1) is 7.77. The molecule has 1 aliphatic rings. The summed E-state index contributed by atoms with van der Waals surface area (Å²) in [7, 11) is 0. The molecule has 0 amide bonds. The number of hydrazine groups is 1. The Kier molecular flexibility index (Phi) is 1.67. The van der Waals surface area contributed by atoms with Gasteiger partial charge in [0.1, 0.15) is 0 Å². The molecule has 2 nitrogen and oxygen atoms in total. The fourth-order valence-electron chi connectivity index (χ4n) is 1.31.